The van der Waals surface area contributed by atoms with E-state index < -0.39 is 11.7 Å². The Morgan fingerprint density at radius 1 is 1.17 bits per heavy atom. The summed E-state index contributed by atoms with van der Waals surface area (Å²) in [6.07, 6.45) is 0. The van der Waals surface area contributed by atoms with Crippen LogP contribution in [-0.2, 0) is 0 Å². The van der Waals surface area contributed by atoms with Crippen LogP contribution in [0, 0.1) is 12.7 Å². The Hall–Kier alpha value is -2.36. The SMILES string of the molecule is Cc1cccc(C(=O)Nc2ccc(O)cc2)c1F. The molecule has 18 heavy (non-hydrogen) atoms. The normalized spacial score (nSPS) is 10.1. The predicted molar refractivity (Wildman–Crippen MR) is 67.2 cm³/mol. The summed E-state index contributed by atoms with van der Waals surface area (Å²) in [5.74, 6) is -0.926. The number of benzene rings is 2. The first-order valence-corrected chi connectivity index (χ1v) is 5.43. The monoisotopic (exact) mass is 245 g/mol. The van der Waals surface area contributed by atoms with Crippen molar-refractivity contribution >= 4 is 11.6 Å². The van der Waals surface area contributed by atoms with Gasteiger partial charge in [0.05, 0.1) is 5.56 Å². The van der Waals surface area contributed by atoms with Gasteiger partial charge in [-0.25, -0.2) is 4.39 Å². The first kappa shape index (κ1) is 12.1. The third-order valence-corrected chi connectivity index (χ3v) is 2.56. The molecule has 0 unspecified atom stereocenters. The summed E-state index contributed by atoms with van der Waals surface area (Å²) in [5, 5.41) is 11.7. The van der Waals surface area contributed by atoms with Crippen molar-refractivity contribution in [3.05, 3.63) is 59.4 Å². The van der Waals surface area contributed by atoms with Crippen LogP contribution in [0.4, 0.5) is 10.1 Å². The maximum absolute atomic E-state index is 13.7. The molecule has 0 spiro atoms. The average molecular weight is 245 g/mol. The van der Waals surface area contributed by atoms with Crippen LogP contribution in [0.2, 0.25) is 0 Å². The molecular formula is C14H12FNO2. The van der Waals surface area contributed by atoms with E-state index >= 15 is 0 Å². The zero-order valence-electron chi connectivity index (χ0n) is 9.77. The number of phenols is 1. The number of hydrogen-bond donors (Lipinski definition) is 2. The predicted octanol–water partition coefficient (Wildman–Crippen LogP) is 3.09. The Morgan fingerprint density at radius 3 is 2.50 bits per heavy atom. The number of halogens is 1. The smallest absolute Gasteiger partial charge is 0.258 e. The number of aryl methyl sites for hydroxylation is 1. The van der Waals surface area contributed by atoms with Crippen molar-refractivity contribution in [3.63, 3.8) is 0 Å². The molecular weight excluding hydrogens is 233 g/mol. The fourth-order valence-electron chi connectivity index (χ4n) is 1.57. The van der Waals surface area contributed by atoms with Gasteiger partial charge in [-0.2, -0.15) is 0 Å². The van der Waals surface area contributed by atoms with Gasteiger partial charge in [-0.1, -0.05) is 12.1 Å². The molecule has 3 nitrogen and oxygen atoms in total. The van der Waals surface area contributed by atoms with Gasteiger partial charge in [0.15, 0.2) is 0 Å². The Kier molecular flexibility index (Phi) is 3.28. The summed E-state index contributed by atoms with van der Waals surface area (Å²) >= 11 is 0. The summed E-state index contributed by atoms with van der Waals surface area (Å²) in [4.78, 5) is 11.9. The first-order chi connectivity index (χ1) is 8.58. The quantitative estimate of drug-likeness (QED) is 0.799. The molecule has 0 aliphatic heterocycles. The maximum atomic E-state index is 13.7. The van der Waals surface area contributed by atoms with E-state index in [4.69, 9.17) is 5.11 Å². The van der Waals surface area contributed by atoms with E-state index in [0.717, 1.165) is 0 Å². The number of carbonyl (C=O) groups is 1. The number of phenolic OH excluding ortho intramolecular Hbond substituents is 1. The molecule has 0 heterocycles. The van der Waals surface area contributed by atoms with E-state index in [1.807, 2.05) is 0 Å². The van der Waals surface area contributed by atoms with Crippen molar-refractivity contribution < 1.29 is 14.3 Å². The van der Waals surface area contributed by atoms with Gasteiger partial charge >= 0.3 is 0 Å². The molecule has 0 saturated carbocycles. The van der Waals surface area contributed by atoms with Gasteiger partial charge in [0.25, 0.3) is 5.91 Å². The Bertz CT molecular complexity index is 579. The maximum Gasteiger partial charge on any atom is 0.258 e. The summed E-state index contributed by atoms with van der Waals surface area (Å²) in [7, 11) is 0. The highest BCUT2D eigenvalue weighted by atomic mass is 19.1. The number of rotatable bonds is 2. The molecule has 1 amide bonds. The minimum absolute atomic E-state index is 0.00285. The Balaban J connectivity index is 2.22. The number of nitrogens with one attached hydrogen (secondary N) is 1. The second-order valence-corrected chi connectivity index (χ2v) is 3.94. The zero-order chi connectivity index (χ0) is 13.1. The third kappa shape index (κ3) is 2.48. The number of amides is 1. The molecule has 0 radical (unpaired) electrons. The molecule has 0 aliphatic carbocycles. The van der Waals surface area contributed by atoms with Crippen molar-refractivity contribution in [1.29, 1.82) is 0 Å². The lowest BCUT2D eigenvalue weighted by molar-refractivity contribution is 0.102. The van der Waals surface area contributed by atoms with Gasteiger partial charge in [0, 0.05) is 5.69 Å². The lowest BCUT2D eigenvalue weighted by Gasteiger charge is -2.07. The van der Waals surface area contributed by atoms with E-state index in [1.54, 1.807) is 31.2 Å². The molecule has 0 bridgehead atoms. The van der Waals surface area contributed by atoms with Crippen LogP contribution in [0.3, 0.4) is 0 Å². The lowest BCUT2D eigenvalue weighted by Crippen LogP contribution is -2.14. The molecule has 92 valence electrons. The third-order valence-electron chi connectivity index (χ3n) is 2.56. The summed E-state index contributed by atoms with van der Waals surface area (Å²) < 4.78 is 13.7. The van der Waals surface area contributed by atoms with Gasteiger partial charge in [0.2, 0.25) is 0 Å². The molecule has 0 aliphatic rings. The van der Waals surface area contributed by atoms with Crippen molar-refractivity contribution in [1.82, 2.24) is 0 Å². The molecule has 2 aromatic rings. The van der Waals surface area contributed by atoms with Gasteiger partial charge in [-0.3, -0.25) is 4.79 Å². The van der Waals surface area contributed by atoms with Gasteiger partial charge in [0.1, 0.15) is 11.6 Å². The molecule has 0 aromatic heterocycles. The number of hydrogen-bond acceptors (Lipinski definition) is 2. The van der Waals surface area contributed by atoms with Crippen molar-refractivity contribution in [2.45, 2.75) is 6.92 Å². The van der Waals surface area contributed by atoms with E-state index in [-0.39, 0.29) is 11.3 Å². The lowest BCUT2D eigenvalue weighted by atomic mass is 10.1. The Morgan fingerprint density at radius 2 is 1.83 bits per heavy atom. The average Bonchev–Trinajstić information content (AvgIpc) is 2.35. The molecule has 0 atom stereocenters. The Labute approximate surface area is 104 Å². The number of anilines is 1. The van der Waals surface area contributed by atoms with Crippen LogP contribution < -0.4 is 5.32 Å². The summed E-state index contributed by atoms with van der Waals surface area (Å²) in [6, 6.07) is 10.6. The highest BCUT2D eigenvalue weighted by Crippen LogP contribution is 2.17. The highest BCUT2D eigenvalue weighted by Gasteiger charge is 2.13. The zero-order valence-corrected chi connectivity index (χ0v) is 9.77. The highest BCUT2D eigenvalue weighted by molar-refractivity contribution is 6.04. The van der Waals surface area contributed by atoms with Crippen LogP contribution in [0.5, 0.6) is 5.75 Å². The molecule has 0 fully saturated rings. The fraction of sp³-hybridized carbons (Fsp3) is 0.0714. The van der Waals surface area contributed by atoms with Gasteiger partial charge in [-0.05, 0) is 42.8 Å². The minimum atomic E-state index is -0.520. The largest absolute Gasteiger partial charge is 0.508 e. The fourth-order valence-corrected chi connectivity index (χ4v) is 1.57. The van der Waals surface area contributed by atoms with Crippen molar-refractivity contribution in [2.24, 2.45) is 0 Å². The number of aromatic hydroxyl groups is 1. The molecule has 2 aromatic carbocycles. The van der Waals surface area contributed by atoms with Crippen LogP contribution in [0.15, 0.2) is 42.5 Å². The first-order valence-electron chi connectivity index (χ1n) is 5.43. The molecule has 2 rings (SSSR count). The summed E-state index contributed by atoms with van der Waals surface area (Å²) in [5.41, 5.74) is 0.926. The minimum Gasteiger partial charge on any atom is -0.508 e. The van der Waals surface area contributed by atoms with E-state index in [1.165, 1.54) is 18.2 Å². The van der Waals surface area contributed by atoms with E-state index in [9.17, 15) is 9.18 Å². The van der Waals surface area contributed by atoms with Crippen LogP contribution in [0.1, 0.15) is 15.9 Å². The van der Waals surface area contributed by atoms with Gasteiger partial charge in [-0.15, -0.1) is 0 Å². The van der Waals surface area contributed by atoms with E-state index in [2.05, 4.69) is 5.32 Å². The second kappa shape index (κ2) is 4.87. The molecule has 2 N–H and O–H groups in total. The van der Waals surface area contributed by atoms with Gasteiger partial charge < -0.3 is 10.4 Å². The topological polar surface area (TPSA) is 49.3 Å². The second-order valence-electron chi connectivity index (χ2n) is 3.94. The van der Waals surface area contributed by atoms with Crippen LogP contribution in [0.25, 0.3) is 0 Å². The van der Waals surface area contributed by atoms with Crippen LogP contribution in [-0.4, -0.2) is 11.0 Å². The molecule has 4 heteroatoms. The van der Waals surface area contributed by atoms with Crippen molar-refractivity contribution in [2.75, 3.05) is 5.32 Å². The van der Waals surface area contributed by atoms with E-state index in [0.29, 0.717) is 11.3 Å². The standard InChI is InChI=1S/C14H12FNO2/c1-9-3-2-4-12(13(9)15)14(18)16-10-5-7-11(17)8-6-10/h2-8,17H,1H3,(H,16,18). The number of carbonyl (C=O) groups excluding carboxylic acids is 1. The summed E-state index contributed by atoms with van der Waals surface area (Å²) in [6.45, 7) is 1.60. The van der Waals surface area contributed by atoms with Crippen LogP contribution >= 0.6 is 0 Å². The molecule has 0 saturated heterocycles. The van der Waals surface area contributed by atoms with Crippen molar-refractivity contribution in [3.8, 4) is 5.75 Å².